The summed E-state index contributed by atoms with van der Waals surface area (Å²) in [5.41, 5.74) is 1.38. The Bertz CT molecular complexity index is 1210. The van der Waals surface area contributed by atoms with Crippen molar-refractivity contribution in [1.82, 2.24) is 19.7 Å². The lowest BCUT2D eigenvalue weighted by Gasteiger charge is -2.31. The highest BCUT2D eigenvalue weighted by Crippen LogP contribution is 2.32. The van der Waals surface area contributed by atoms with E-state index in [1.165, 1.54) is 16.0 Å². The van der Waals surface area contributed by atoms with Gasteiger partial charge >= 0.3 is 0 Å². The fourth-order valence-corrected chi connectivity index (χ4v) is 5.33. The van der Waals surface area contributed by atoms with Crippen molar-refractivity contribution >= 4 is 33.8 Å². The van der Waals surface area contributed by atoms with Crippen molar-refractivity contribution in [3.8, 4) is 0 Å². The fourth-order valence-electron chi connectivity index (χ4n) is 4.20. The molecule has 0 saturated carbocycles. The second-order valence-corrected chi connectivity index (χ2v) is 9.02. The van der Waals surface area contributed by atoms with Crippen LogP contribution in [0.3, 0.4) is 0 Å². The second kappa shape index (κ2) is 8.70. The minimum absolute atomic E-state index is 0.0494. The van der Waals surface area contributed by atoms with Gasteiger partial charge in [0.05, 0.1) is 26.7 Å². The fraction of sp³-hybridized carbons (Fsp3) is 0.435. The number of nitrogens with zero attached hydrogens (tertiary/aromatic N) is 4. The van der Waals surface area contributed by atoms with Crippen LogP contribution < -0.4 is 5.56 Å². The normalized spacial score (nSPS) is 14.9. The van der Waals surface area contributed by atoms with Crippen LogP contribution in [-0.4, -0.2) is 44.4 Å². The van der Waals surface area contributed by atoms with Crippen LogP contribution in [0.5, 0.6) is 0 Å². The lowest BCUT2D eigenvalue weighted by Crippen LogP contribution is -2.41. The second-order valence-electron chi connectivity index (χ2n) is 7.99. The van der Waals surface area contributed by atoms with Crippen LogP contribution in [0.15, 0.2) is 29.1 Å². The van der Waals surface area contributed by atoms with E-state index in [9.17, 15) is 14.4 Å². The lowest BCUT2D eigenvalue weighted by molar-refractivity contribution is -0.133. The first-order chi connectivity index (χ1) is 14.9. The number of thiazole rings is 1. The maximum atomic E-state index is 12.9. The average molecular weight is 439 g/mol. The summed E-state index contributed by atoms with van der Waals surface area (Å²) in [4.78, 5) is 44.6. The highest BCUT2D eigenvalue weighted by Gasteiger charge is 2.27. The standard InChI is InChI=1S/C23H26N4O3S/c1-4-19-17-7-5-6-8-18(17)23(30)27(25-19)13-20(29)26-11-9-16(10-12-26)22-24-14(2)21(31-22)15(3)28/h5-8,16H,4,9-13H2,1-3H3. The highest BCUT2D eigenvalue weighted by atomic mass is 32.1. The van der Waals surface area contributed by atoms with Crippen LogP contribution in [0.2, 0.25) is 0 Å². The Morgan fingerprint density at radius 3 is 2.45 bits per heavy atom. The zero-order valence-corrected chi connectivity index (χ0v) is 18.9. The van der Waals surface area contributed by atoms with Gasteiger partial charge in [0.25, 0.3) is 5.56 Å². The summed E-state index contributed by atoms with van der Waals surface area (Å²) in [5, 5.41) is 6.89. The predicted octanol–water partition coefficient (Wildman–Crippen LogP) is 3.33. The van der Waals surface area contributed by atoms with E-state index in [-0.39, 0.29) is 29.7 Å². The molecule has 3 aromatic rings. The molecule has 31 heavy (non-hydrogen) atoms. The van der Waals surface area contributed by atoms with Gasteiger partial charge in [-0.05, 0) is 32.3 Å². The molecule has 1 aliphatic heterocycles. The molecular weight excluding hydrogens is 412 g/mol. The van der Waals surface area contributed by atoms with Gasteiger partial charge in [0.1, 0.15) is 6.54 Å². The summed E-state index contributed by atoms with van der Waals surface area (Å²) in [6.07, 6.45) is 2.29. The molecule has 1 saturated heterocycles. The maximum absolute atomic E-state index is 12.9. The number of amides is 1. The van der Waals surface area contributed by atoms with Gasteiger partial charge in [0.15, 0.2) is 5.78 Å². The number of rotatable bonds is 5. The minimum Gasteiger partial charge on any atom is -0.341 e. The number of aryl methyl sites for hydroxylation is 2. The zero-order chi connectivity index (χ0) is 22.1. The molecule has 0 atom stereocenters. The van der Waals surface area contributed by atoms with Crippen molar-refractivity contribution in [3.63, 3.8) is 0 Å². The van der Waals surface area contributed by atoms with E-state index in [0.29, 0.717) is 24.9 Å². The topological polar surface area (TPSA) is 85.2 Å². The molecule has 3 heterocycles. The molecule has 0 unspecified atom stereocenters. The number of hydrogen-bond donors (Lipinski definition) is 0. The van der Waals surface area contributed by atoms with Gasteiger partial charge in [-0.2, -0.15) is 5.10 Å². The molecular formula is C23H26N4O3S. The van der Waals surface area contributed by atoms with Crippen molar-refractivity contribution in [2.75, 3.05) is 13.1 Å². The summed E-state index contributed by atoms with van der Waals surface area (Å²) in [6, 6.07) is 7.41. The van der Waals surface area contributed by atoms with Crippen LogP contribution in [0.25, 0.3) is 10.8 Å². The summed E-state index contributed by atoms with van der Waals surface area (Å²) in [5.74, 6) is 0.216. The Balaban J connectivity index is 1.46. The van der Waals surface area contributed by atoms with E-state index in [4.69, 9.17) is 0 Å². The van der Waals surface area contributed by atoms with E-state index in [0.717, 1.165) is 39.5 Å². The van der Waals surface area contributed by atoms with Crippen LogP contribution in [-0.2, 0) is 17.8 Å². The van der Waals surface area contributed by atoms with Gasteiger partial charge in [0.2, 0.25) is 5.91 Å². The van der Waals surface area contributed by atoms with Crippen LogP contribution in [0.1, 0.15) is 58.7 Å². The monoisotopic (exact) mass is 438 g/mol. The molecule has 0 N–H and O–H groups in total. The number of aromatic nitrogens is 3. The van der Waals surface area contributed by atoms with Crippen LogP contribution in [0.4, 0.5) is 0 Å². The van der Waals surface area contributed by atoms with E-state index in [1.54, 1.807) is 17.9 Å². The van der Waals surface area contributed by atoms with Crippen molar-refractivity contribution in [2.24, 2.45) is 0 Å². The molecule has 1 fully saturated rings. The first-order valence-electron chi connectivity index (χ1n) is 10.6. The van der Waals surface area contributed by atoms with Crippen molar-refractivity contribution < 1.29 is 9.59 Å². The van der Waals surface area contributed by atoms with Crippen molar-refractivity contribution in [2.45, 2.75) is 52.5 Å². The quantitative estimate of drug-likeness (QED) is 0.571. The lowest BCUT2D eigenvalue weighted by atomic mass is 9.97. The Labute approximate surface area is 184 Å². The molecule has 0 bridgehead atoms. The third-order valence-corrected chi connectivity index (χ3v) is 7.31. The Morgan fingerprint density at radius 1 is 1.16 bits per heavy atom. The molecule has 1 aliphatic rings. The molecule has 7 nitrogen and oxygen atoms in total. The van der Waals surface area contributed by atoms with E-state index in [2.05, 4.69) is 10.1 Å². The third-order valence-electron chi connectivity index (χ3n) is 5.89. The van der Waals surface area contributed by atoms with Gasteiger partial charge in [-0.15, -0.1) is 11.3 Å². The first-order valence-corrected chi connectivity index (χ1v) is 11.5. The summed E-state index contributed by atoms with van der Waals surface area (Å²) in [6.45, 7) is 6.60. The molecule has 1 aromatic carbocycles. The molecule has 2 aromatic heterocycles. The van der Waals surface area contributed by atoms with E-state index < -0.39 is 0 Å². The van der Waals surface area contributed by atoms with Crippen molar-refractivity contribution in [1.29, 1.82) is 0 Å². The molecule has 8 heteroatoms. The van der Waals surface area contributed by atoms with Gasteiger partial charge in [-0.3, -0.25) is 14.4 Å². The zero-order valence-electron chi connectivity index (χ0n) is 18.1. The summed E-state index contributed by atoms with van der Waals surface area (Å²) < 4.78 is 1.30. The molecule has 0 aliphatic carbocycles. The Morgan fingerprint density at radius 2 is 1.84 bits per heavy atom. The largest absolute Gasteiger partial charge is 0.341 e. The van der Waals surface area contributed by atoms with Gasteiger partial charge < -0.3 is 4.90 Å². The molecule has 0 radical (unpaired) electrons. The number of benzene rings is 1. The van der Waals surface area contributed by atoms with E-state index >= 15 is 0 Å². The number of piperidine rings is 1. The predicted molar refractivity (Wildman–Crippen MR) is 121 cm³/mol. The maximum Gasteiger partial charge on any atom is 0.275 e. The molecule has 4 rings (SSSR count). The minimum atomic E-state index is -0.231. The molecule has 1 amide bonds. The number of ketones is 1. The number of hydrogen-bond acceptors (Lipinski definition) is 6. The van der Waals surface area contributed by atoms with E-state index in [1.807, 2.05) is 32.0 Å². The first kappa shape index (κ1) is 21.4. The number of carbonyl (C=O) groups is 2. The SMILES string of the molecule is CCc1nn(CC(=O)N2CCC(c3nc(C)c(C(C)=O)s3)CC2)c(=O)c2ccccc12. The van der Waals surface area contributed by atoms with Gasteiger partial charge in [-0.25, -0.2) is 9.67 Å². The van der Waals surface area contributed by atoms with Crippen molar-refractivity contribution in [3.05, 3.63) is 55.9 Å². The summed E-state index contributed by atoms with van der Waals surface area (Å²) in [7, 11) is 0. The van der Waals surface area contributed by atoms with Crippen LogP contribution >= 0.6 is 11.3 Å². The Kier molecular flexibility index (Phi) is 6.00. The summed E-state index contributed by atoms with van der Waals surface area (Å²) >= 11 is 1.47. The molecule has 162 valence electrons. The Hall–Kier alpha value is -2.87. The number of fused-ring (bicyclic) bond motifs is 1. The van der Waals surface area contributed by atoms with Crippen LogP contribution in [0, 0.1) is 6.92 Å². The average Bonchev–Trinajstić information content (AvgIpc) is 3.17. The highest BCUT2D eigenvalue weighted by molar-refractivity contribution is 7.13. The van der Waals surface area contributed by atoms with Gasteiger partial charge in [-0.1, -0.05) is 25.1 Å². The smallest absolute Gasteiger partial charge is 0.275 e. The number of likely N-dealkylation sites (tertiary alicyclic amines) is 1. The number of carbonyl (C=O) groups excluding carboxylic acids is 2. The number of Topliss-reactive ketones (excluding diaryl/α,β-unsaturated/α-hetero) is 1. The molecule has 0 spiro atoms. The van der Waals surface area contributed by atoms with Gasteiger partial charge in [0, 0.05) is 31.3 Å². The third kappa shape index (κ3) is 4.17.